The lowest BCUT2D eigenvalue weighted by Gasteiger charge is -2.32. The second kappa shape index (κ2) is 8.15. The minimum Gasteiger partial charge on any atom is -1.00 e. The van der Waals surface area contributed by atoms with Crippen molar-refractivity contribution in [2.75, 3.05) is 39.3 Å². The van der Waals surface area contributed by atoms with Crippen LogP contribution in [0.1, 0.15) is 31.9 Å². The van der Waals surface area contributed by atoms with E-state index in [1.165, 1.54) is 4.90 Å². The molecule has 0 spiro atoms. The van der Waals surface area contributed by atoms with E-state index in [-0.39, 0.29) is 24.4 Å². The number of nitrogens with zero attached hydrogens (tertiary/aromatic N) is 1. The largest absolute Gasteiger partial charge is 1.00 e. The average molecular weight is 377 g/mol. The smallest absolute Gasteiger partial charge is 0.243 e. The Morgan fingerprint density at radius 2 is 1.79 bits per heavy atom. The molecule has 0 bridgehead atoms. The molecule has 1 saturated heterocycles. The van der Waals surface area contributed by atoms with Gasteiger partial charge in [0.15, 0.2) is 0 Å². The summed E-state index contributed by atoms with van der Waals surface area (Å²) in [6.45, 7) is 11.5. The van der Waals surface area contributed by atoms with E-state index < -0.39 is 10.0 Å². The van der Waals surface area contributed by atoms with Gasteiger partial charge in [-0.1, -0.05) is 32.9 Å². The molecule has 0 unspecified atom stereocenters. The van der Waals surface area contributed by atoms with Gasteiger partial charge >= 0.3 is 0 Å². The number of aryl methyl sites for hydroxylation is 1. The number of piperazine rings is 1. The van der Waals surface area contributed by atoms with Gasteiger partial charge in [0, 0.05) is 0 Å². The number of rotatable bonds is 4. The monoisotopic (exact) mass is 376 g/mol. The van der Waals surface area contributed by atoms with Crippen molar-refractivity contribution in [3.8, 4) is 0 Å². The van der Waals surface area contributed by atoms with Crippen LogP contribution in [-0.4, -0.2) is 57.2 Å². The van der Waals surface area contributed by atoms with Gasteiger partial charge in [-0.15, -0.1) is 0 Å². The SMILES string of the molecule is Cc1ccc(C(C)(C)C)cc1S(=O)(=O)N1CC[NH+](CCO)CC1.[Cl-]. The molecule has 0 radical (unpaired) electrons. The molecule has 1 aliphatic heterocycles. The van der Waals surface area contributed by atoms with Crippen LogP contribution in [0.25, 0.3) is 0 Å². The van der Waals surface area contributed by atoms with Gasteiger partial charge in [0.05, 0.1) is 37.7 Å². The molecule has 1 fully saturated rings. The van der Waals surface area contributed by atoms with E-state index in [0.717, 1.165) is 24.2 Å². The second-order valence-electron chi connectivity index (χ2n) is 7.36. The zero-order valence-electron chi connectivity index (χ0n) is 15.0. The van der Waals surface area contributed by atoms with Gasteiger partial charge < -0.3 is 22.4 Å². The van der Waals surface area contributed by atoms with Gasteiger partial charge in [0.2, 0.25) is 10.0 Å². The van der Waals surface area contributed by atoms with E-state index in [2.05, 4.69) is 20.8 Å². The molecular weight excluding hydrogens is 348 g/mol. The molecule has 2 rings (SSSR count). The summed E-state index contributed by atoms with van der Waals surface area (Å²) in [7, 11) is -3.46. The minimum absolute atomic E-state index is 0. The maximum absolute atomic E-state index is 13.0. The van der Waals surface area contributed by atoms with Gasteiger partial charge in [-0.3, -0.25) is 0 Å². The minimum atomic E-state index is -3.46. The van der Waals surface area contributed by atoms with Gasteiger partial charge in [-0.25, -0.2) is 8.42 Å². The summed E-state index contributed by atoms with van der Waals surface area (Å²) < 4.78 is 27.6. The average Bonchev–Trinajstić information content (AvgIpc) is 2.47. The number of hydrogen-bond donors (Lipinski definition) is 2. The molecule has 138 valence electrons. The predicted molar refractivity (Wildman–Crippen MR) is 91.3 cm³/mol. The van der Waals surface area contributed by atoms with Crippen LogP contribution in [0.3, 0.4) is 0 Å². The van der Waals surface area contributed by atoms with Crippen molar-refractivity contribution in [3.05, 3.63) is 29.3 Å². The highest BCUT2D eigenvalue weighted by molar-refractivity contribution is 7.89. The van der Waals surface area contributed by atoms with Crippen LogP contribution >= 0.6 is 0 Å². The Hall–Kier alpha value is -0.660. The highest BCUT2D eigenvalue weighted by atomic mass is 35.5. The van der Waals surface area contributed by atoms with Gasteiger partial charge in [-0.2, -0.15) is 4.31 Å². The van der Waals surface area contributed by atoms with Crippen molar-refractivity contribution >= 4 is 10.0 Å². The van der Waals surface area contributed by atoms with Crippen LogP contribution in [-0.2, 0) is 15.4 Å². The second-order valence-corrected chi connectivity index (χ2v) is 9.26. The van der Waals surface area contributed by atoms with Crippen molar-refractivity contribution in [3.63, 3.8) is 0 Å². The Morgan fingerprint density at radius 3 is 2.29 bits per heavy atom. The zero-order chi connectivity index (χ0) is 17.3. The van der Waals surface area contributed by atoms with Crippen LogP contribution in [0.5, 0.6) is 0 Å². The van der Waals surface area contributed by atoms with Crippen LogP contribution < -0.4 is 17.3 Å². The number of nitrogens with one attached hydrogen (secondary N) is 1. The molecule has 1 aromatic carbocycles. The first kappa shape index (κ1) is 21.4. The molecule has 0 saturated carbocycles. The first-order valence-corrected chi connectivity index (χ1v) is 9.66. The van der Waals surface area contributed by atoms with E-state index in [4.69, 9.17) is 5.11 Å². The van der Waals surface area contributed by atoms with Crippen LogP contribution in [0, 0.1) is 6.92 Å². The Labute approximate surface area is 152 Å². The molecule has 2 N–H and O–H groups in total. The fraction of sp³-hybridized carbons (Fsp3) is 0.647. The van der Waals surface area contributed by atoms with Crippen LogP contribution in [0.4, 0.5) is 0 Å². The van der Waals surface area contributed by atoms with Crippen molar-refractivity contribution in [2.45, 2.75) is 38.0 Å². The molecule has 0 aliphatic carbocycles. The number of aliphatic hydroxyl groups excluding tert-OH is 1. The maximum Gasteiger partial charge on any atom is 0.243 e. The highest BCUT2D eigenvalue weighted by Gasteiger charge is 2.31. The number of benzene rings is 1. The molecule has 1 aliphatic rings. The van der Waals surface area contributed by atoms with E-state index in [0.29, 0.717) is 24.5 Å². The summed E-state index contributed by atoms with van der Waals surface area (Å²) in [6, 6.07) is 5.75. The lowest BCUT2D eigenvalue weighted by atomic mass is 9.87. The van der Waals surface area contributed by atoms with Crippen molar-refractivity contribution in [1.29, 1.82) is 0 Å². The first-order valence-electron chi connectivity index (χ1n) is 8.22. The van der Waals surface area contributed by atoms with E-state index in [1.54, 1.807) is 4.31 Å². The Morgan fingerprint density at radius 1 is 1.21 bits per heavy atom. The van der Waals surface area contributed by atoms with Crippen molar-refractivity contribution in [1.82, 2.24) is 4.31 Å². The lowest BCUT2D eigenvalue weighted by molar-refractivity contribution is -0.904. The molecular formula is C17H29ClN2O3S. The Kier molecular flexibility index (Phi) is 7.26. The summed E-state index contributed by atoms with van der Waals surface area (Å²) in [5, 5.41) is 9.01. The van der Waals surface area contributed by atoms with Crippen LogP contribution in [0.15, 0.2) is 23.1 Å². The quantitative estimate of drug-likeness (QED) is 0.596. The zero-order valence-corrected chi connectivity index (χ0v) is 16.5. The third-order valence-electron chi connectivity index (χ3n) is 4.57. The standard InChI is InChI=1S/C17H28N2O3S.ClH/c1-14-5-6-15(17(2,3)4)13-16(14)23(21,22)19-9-7-18(8-10-19)11-12-20;/h5-6,13,20H,7-12H2,1-4H3;1H. The summed E-state index contributed by atoms with van der Waals surface area (Å²) in [6.07, 6.45) is 0. The van der Waals surface area contributed by atoms with Gasteiger partial charge in [-0.05, 0) is 29.5 Å². The maximum atomic E-state index is 13.0. The number of sulfonamides is 1. The Bertz CT molecular complexity index is 648. The number of halogens is 1. The molecule has 1 heterocycles. The number of aliphatic hydroxyl groups is 1. The topological polar surface area (TPSA) is 62.0 Å². The molecule has 24 heavy (non-hydrogen) atoms. The van der Waals surface area contributed by atoms with Crippen molar-refractivity contribution in [2.24, 2.45) is 0 Å². The number of hydrogen-bond acceptors (Lipinski definition) is 3. The molecule has 0 aromatic heterocycles. The lowest BCUT2D eigenvalue weighted by Crippen LogP contribution is -3.15. The molecule has 5 nitrogen and oxygen atoms in total. The fourth-order valence-electron chi connectivity index (χ4n) is 2.93. The molecule has 0 atom stereocenters. The van der Waals surface area contributed by atoms with E-state index in [1.807, 2.05) is 25.1 Å². The van der Waals surface area contributed by atoms with Crippen molar-refractivity contribution < 1.29 is 30.8 Å². The molecule has 0 amide bonds. The predicted octanol–water partition coefficient (Wildman–Crippen LogP) is -2.82. The first-order chi connectivity index (χ1) is 10.7. The van der Waals surface area contributed by atoms with E-state index in [9.17, 15) is 8.42 Å². The fourth-order valence-corrected chi connectivity index (χ4v) is 4.63. The Balaban J connectivity index is 0.00000288. The molecule has 7 heteroatoms. The summed E-state index contributed by atoms with van der Waals surface area (Å²) in [5.41, 5.74) is 1.75. The van der Waals surface area contributed by atoms with E-state index >= 15 is 0 Å². The third kappa shape index (κ3) is 4.70. The number of quaternary nitrogens is 1. The van der Waals surface area contributed by atoms with Crippen LogP contribution in [0.2, 0.25) is 0 Å². The normalized spacial score (nSPS) is 17.5. The molecule has 1 aromatic rings. The highest BCUT2D eigenvalue weighted by Crippen LogP contribution is 2.28. The summed E-state index contributed by atoms with van der Waals surface area (Å²) >= 11 is 0. The summed E-state index contributed by atoms with van der Waals surface area (Å²) in [4.78, 5) is 1.69. The van der Waals surface area contributed by atoms with Gasteiger partial charge in [0.25, 0.3) is 0 Å². The third-order valence-corrected chi connectivity index (χ3v) is 6.61. The van der Waals surface area contributed by atoms with Gasteiger partial charge in [0.1, 0.15) is 6.54 Å². The summed E-state index contributed by atoms with van der Waals surface area (Å²) in [5.74, 6) is 0.